The highest BCUT2D eigenvalue weighted by atomic mass is 32.1. The Morgan fingerprint density at radius 2 is 2.03 bits per heavy atom. The first-order chi connectivity index (χ1) is 18.2. The minimum Gasteiger partial charge on any atom is -0.462 e. The van der Waals surface area contributed by atoms with Gasteiger partial charge in [-0.2, -0.15) is 0 Å². The number of esters is 1. The summed E-state index contributed by atoms with van der Waals surface area (Å²) in [7, 11) is 0. The molecule has 1 aliphatic heterocycles. The fraction of sp³-hybridized carbons (Fsp3) is 0.222. The smallest absolute Gasteiger partial charge is 0.338 e. The van der Waals surface area contributed by atoms with E-state index in [0.29, 0.717) is 37.7 Å². The fourth-order valence-corrected chi connectivity index (χ4v) is 6.01. The maximum absolute atomic E-state index is 13.7. The quantitative estimate of drug-likeness (QED) is 0.188. The molecule has 0 saturated heterocycles. The maximum atomic E-state index is 13.7. The molecule has 9 nitrogen and oxygen atoms in total. The van der Waals surface area contributed by atoms with Gasteiger partial charge in [0.05, 0.1) is 32.9 Å². The Morgan fingerprint density at radius 3 is 2.74 bits per heavy atom. The van der Waals surface area contributed by atoms with Gasteiger partial charge in [0.2, 0.25) is 0 Å². The van der Waals surface area contributed by atoms with E-state index in [2.05, 4.69) is 4.99 Å². The van der Waals surface area contributed by atoms with E-state index >= 15 is 0 Å². The number of nitro benzene ring substituents is 1. The zero-order valence-corrected chi connectivity index (χ0v) is 22.4. The van der Waals surface area contributed by atoms with Crippen molar-refractivity contribution >= 4 is 40.4 Å². The van der Waals surface area contributed by atoms with Gasteiger partial charge in [-0.3, -0.25) is 19.5 Å². The van der Waals surface area contributed by atoms with Gasteiger partial charge in [-0.05, 0) is 42.5 Å². The van der Waals surface area contributed by atoms with Gasteiger partial charge in [0, 0.05) is 17.0 Å². The number of carbonyl (C=O) groups excluding carboxylic acids is 1. The first-order valence-electron chi connectivity index (χ1n) is 11.8. The average Bonchev–Trinajstić information content (AvgIpc) is 3.64. The van der Waals surface area contributed by atoms with Crippen LogP contribution in [0.4, 0.5) is 5.69 Å². The van der Waals surface area contributed by atoms with Gasteiger partial charge in [0.25, 0.3) is 11.2 Å². The highest BCUT2D eigenvalue weighted by molar-refractivity contribution is 7.10. The Balaban J connectivity index is 1.59. The number of aromatic nitrogens is 1. The van der Waals surface area contributed by atoms with Gasteiger partial charge in [0.15, 0.2) is 4.80 Å². The second-order valence-electron chi connectivity index (χ2n) is 9.07. The van der Waals surface area contributed by atoms with E-state index in [-0.39, 0.29) is 23.8 Å². The van der Waals surface area contributed by atoms with Crippen molar-refractivity contribution in [1.29, 1.82) is 0 Å². The number of hydrogen-bond acceptors (Lipinski definition) is 9. The van der Waals surface area contributed by atoms with Gasteiger partial charge in [0.1, 0.15) is 17.6 Å². The standard InChI is InChI=1S/C27H23N3O6S2/c1-15(2)14-35-26(32)23-16(3)28-27-29(24(23)21-9-6-12-37-21)25(31)22(38-27)13-17-10-11-20(36-17)18-7-4-5-8-19(18)30(33)34/h4-13,15,24H,14H2,1-3H3/b22-13-/t24-/m1/s1. The Bertz CT molecular complexity index is 1740. The molecule has 0 N–H and O–H groups in total. The number of furan rings is 1. The lowest BCUT2D eigenvalue weighted by Gasteiger charge is -2.23. The van der Waals surface area contributed by atoms with Gasteiger partial charge >= 0.3 is 5.97 Å². The van der Waals surface area contributed by atoms with Crippen LogP contribution in [0.2, 0.25) is 0 Å². The Hall–Kier alpha value is -4.09. The van der Waals surface area contributed by atoms with Crippen LogP contribution in [0, 0.1) is 16.0 Å². The van der Waals surface area contributed by atoms with Crippen molar-refractivity contribution in [2.24, 2.45) is 10.9 Å². The number of carbonyl (C=O) groups is 1. The number of benzene rings is 1. The van der Waals surface area contributed by atoms with Crippen molar-refractivity contribution in [1.82, 2.24) is 4.57 Å². The molecule has 0 bridgehead atoms. The van der Waals surface area contributed by atoms with Crippen molar-refractivity contribution in [2.45, 2.75) is 26.8 Å². The molecular formula is C27H23N3O6S2. The molecule has 194 valence electrons. The fourth-order valence-electron chi connectivity index (χ4n) is 4.16. The molecule has 0 fully saturated rings. The molecule has 0 radical (unpaired) electrons. The number of ether oxygens (including phenoxy) is 1. The lowest BCUT2D eigenvalue weighted by Crippen LogP contribution is -2.39. The van der Waals surface area contributed by atoms with Crippen molar-refractivity contribution in [2.75, 3.05) is 6.61 Å². The summed E-state index contributed by atoms with van der Waals surface area (Å²) in [6.07, 6.45) is 1.59. The normalized spacial score (nSPS) is 15.5. The summed E-state index contributed by atoms with van der Waals surface area (Å²) in [6, 6.07) is 12.7. The number of thiophene rings is 1. The third-order valence-electron chi connectivity index (χ3n) is 5.87. The van der Waals surface area contributed by atoms with Crippen LogP contribution in [0.5, 0.6) is 0 Å². The topological polar surface area (TPSA) is 117 Å². The van der Waals surface area contributed by atoms with E-state index in [4.69, 9.17) is 9.15 Å². The minimum atomic E-state index is -0.660. The molecule has 38 heavy (non-hydrogen) atoms. The predicted molar refractivity (Wildman–Crippen MR) is 145 cm³/mol. The zero-order valence-electron chi connectivity index (χ0n) is 20.7. The first-order valence-corrected chi connectivity index (χ1v) is 13.5. The molecule has 1 atom stereocenters. The zero-order chi connectivity index (χ0) is 27.0. The SMILES string of the molecule is CC1=C(C(=O)OCC(C)C)[C@@H](c2cccs2)n2c(s/c(=C\c3ccc(-c4ccccc4[N+](=O)[O-])o3)c2=O)=N1. The van der Waals surface area contributed by atoms with E-state index in [0.717, 1.165) is 4.88 Å². The van der Waals surface area contributed by atoms with Crippen LogP contribution in [0.1, 0.15) is 37.5 Å². The minimum absolute atomic E-state index is 0.0731. The Labute approximate surface area is 224 Å². The summed E-state index contributed by atoms with van der Waals surface area (Å²) in [5, 5.41) is 13.3. The number of rotatable bonds is 7. The number of allylic oxidation sites excluding steroid dienone is 1. The highest BCUT2D eigenvalue weighted by Gasteiger charge is 2.34. The Morgan fingerprint density at radius 1 is 1.24 bits per heavy atom. The summed E-state index contributed by atoms with van der Waals surface area (Å²) in [6.45, 7) is 5.92. The van der Waals surface area contributed by atoms with E-state index in [1.54, 1.807) is 43.3 Å². The largest absolute Gasteiger partial charge is 0.462 e. The predicted octanol–water partition coefficient (Wildman–Crippen LogP) is 4.66. The second-order valence-corrected chi connectivity index (χ2v) is 11.1. The van der Waals surface area contributed by atoms with Gasteiger partial charge in [-0.25, -0.2) is 9.79 Å². The lowest BCUT2D eigenvalue weighted by atomic mass is 10.0. The molecule has 0 aliphatic carbocycles. The third kappa shape index (κ3) is 4.77. The van der Waals surface area contributed by atoms with Crippen LogP contribution in [0.25, 0.3) is 17.4 Å². The first kappa shape index (κ1) is 25.6. The van der Waals surface area contributed by atoms with E-state index in [1.807, 2.05) is 31.4 Å². The van der Waals surface area contributed by atoms with Crippen LogP contribution in [-0.4, -0.2) is 22.1 Å². The maximum Gasteiger partial charge on any atom is 0.338 e. The summed E-state index contributed by atoms with van der Waals surface area (Å²) in [4.78, 5) is 43.6. The summed E-state index contributed by atoms with van der Waals surface area (Å²) < 4.78 is 13.3. The number of hydrogen-bond donors (Lipinski definition) is 0. The van der Waals surface area contributed by atoms with Crippen molar-refractivity contribution < 1.29 is 18.9 Å². The number of nitrogens with zero attached hydrogens (tertiary/aromatic N) is 3. The number of thiazole rings is 1. The average molecular weight is 550 g/mol. The van der Waals surface area contributed by atoms with Gasteiger partial charge in [-0.15, -0.1) is 11.3 Å². The Kier molecular flexibility index (Phi) is 6.96. The van der Waals surface area contributed by atoms with Crippen LogP contribution in [0.3, 0.4) is 0 Å². The van der Waals surface area contributed by atoms with Crippen LogP contribution < -0.4 is 14.9 Å². The van der Waals surface area contributed by atoms with E-state index < -0.39 is 16.9 Å². The molecule has 0 saturated carbocycles. The molecule has 11 heteroatoms. The van der Waals surface area contributed by atoms with Crippen LogP contribution >= 0.6 is 22.7 Å². The lowest BCUT2D eigenvalue weighted by molar-refractivity contribution is -0.384. The molecule has 5 rings (SSSR count). The molecule has 0 amide bonds. The van der Waals surface area contributed by atoms with E-state index in [9.17, 15) is 19.7 Å². The molecular weight excluding hydrogens is 526 g/mol. The summed E-state index contributed by atoms with van der Waals surface area (Å²) in [5.41, 5.74) is 0.787. The second kappa shape index (κ2) is 10.3. The summed E-state index contributed by atoms with van der Waals surface area (Å²) in [5.74, 6) is 0.353. The molecule has 0 unspecified atom stereocenters. The molecule has 4 heterocycles. The number of nitro groups is 1. The van der Waals surface area contributed by atoms with E-state index in [1.165, 1.54) is 33.3 Å². The molecule has 0 spiro atoms. The number of para-hydroxylation sites is 1. The van der Waals surface area contributed by atoms with Gasteiger partial charge < -0.3 is 9.15 Å². The molecule has 3 aromatic heterocycles. The highest BCUT2D eigenvalue weighted by Crippen LogP contribution is 2.34. The monoisotopic (exact) mass is 549 g/mol. The van der Waals surface area contributed by atoms with Crippen LogP contribution in [0.15, 0.2) is 79.4 Å². The van der Waals surface area contributed by atoms with Gasteiger partial charge in [-0.1, -0.05) is 43.4 Å². The molecule has 1 aromatic carbocycles. The molecule has 4 aromatic rings. The van der Waals surface area contributed by atoms with Crippen LogP contribution in [-0.2, 0) is 9.53 Å². The number of fused-ring (bicyclic) bond motifs is 1. The third-order valence-corrected chi connectivity index (χ3v) is 7.78. The van der Waals surface area contributed by atoms with Crippen molar-refractivity contribution in [3.05, 3.63) is 106 Å². The van der Waals surface area contributed by atoms with Crippen molar-refractivity contribution in [3.63, 3.8) is 0 Å². The summed E-state index contributed by atoms with van der Waals surface area (Å²) >= 11 is 2.63. The van der Waals surface area contributed by atoms with Crippen molar-refractivity contribution in [3.8, 4) is 11.3 Å². The molecule has 1 aliphatic rings.